The van der Waals surface area contributed by atoms with Gasteiger partial charge in [0.2, 0.25) is 0 Å². The summed E-state index contributed by atoms with van der Waals surface area (Å²) in [6.45, 7) is 1.74. The number of furan rings is 1. The van der Waals surface area contributed by atoms with Gasteiger partial charge in [0.15, 0.2) is 5.58 Å². The van der Waals surface area contributed by atoms with Gasteiger partial charge in [-0.3, -0.25) is 4.79 Å². The molecule has 1 aromatic carbocycles. The lowest BCUT2D eigenvalue weighted by molar-refractivity contribution is -0.136. The Morgan fingerprint density at radius 2 is 2.27 bits per heavy atom. The Labute approximate surface area is 91.3 Å². The second-order valence-corrected chi connectivity index (χ2v) is 3.73. The predicted molar refractivity (Wildman–Crippen MR) is 57.3 cm³/mol. The van der Waals surface area contributed by atoms with Crippen LogP contribution in [0.5, 0.6) is 0 Å². The van der Waals surface area contributed by atoms with Crippen LogP contribution in [0.1, 0.15) is 11.3 Å². The van der Waals surface area contributed by atoms with Crippen LogP contribution in [-0.2, 0) is 11.2 Å². The van der Waals surface area contributed by atoms with Crippen LogP contribution >= 0.6 is 11.6 Å². The number of para-hydroxylation sites is 1. The average molecular weight is 225 g/mol. The van der Waals surface area contributed by atoms with E-state index in [0.29, 0.717) is 21.9 Å². The number of carboxylic acids is 1. The number of aliphatic carboxylic acids is 1. The molecular weight excluding hydrogens is 216 g/mol. The highest BCUT2D eigenvalue weighted by molar-refractivity contribution is 6.34. The minimum absolute atomic E-state index is 0.0425. The van der Waals surface area contributed by atoms with Crippen molar-refractivity contribution in [1.82, 2.24) is 0 Å². The number of carboxylic acid groups (broad SMARTS) is 1. The summed E-state index contributed by atoms with van der Waals surface area (Å²) in [4.78, 5) is 10.7. The van der Waals surface area contributed by atoms with Crippen molar-refractivity contribution in [3.8, 4) is 0 Å². The molecule has 3 nitrogen and oxygen atoms in total. The van der Waals surface area contributed by atoms with Crippen molar-refractivity contribution in [2.75, 3.05) is 0 Å². The number of hydrogen-bond donors (Lipinski definition) is 1. The quantitative estimate of drug-likeness (QED) is 0.853. The predicted octanol–water partition coefficient (Wildman–Crippen LogP) is 3.02. The lowest BCUT2D eigenvalue weighted by Crippen LogP contribution is -2.00. The number of rotatable bonds is 2. The molecule has 2 aromatic rings. The number of halogens is 1. The van der Waals surface area contributed by atoms with E-state index in [1.165, 1.54) is 0 Å². The number of fused-ring (bicyclic) bond motifs is 1. The molecule has 0 aliphatic rings. The van der Waals surface area contributed by atoms with Gasteiger partial charge in [-0.2, -0.15) is 0 Å². The first kappa shape index (κ1) is 10.1. The molecule has 78 valence electrons. The van der Waals surface area contributed by atoms with E-state index < -0.39 is 5.97 Å². The fraction of sp³-hybridized carbons (Fsp3) is 0.182. The lowest BCUT2D eigenvalue weighted by atomic mass is 10.1. The first-order valence-corrected chi connectivity index (χ1v) is 4.85. The van der Waals surface area contributed by atoms with Crippen molar-refractivity contribution in [3.63, 3.8) is 0 Å². The van der Waals surface area contributed by atoms with E-state index in [2.05, 4.69) is 0 Å². The number of carbonyl (C=O) groups is 1. The van der Waals surface area contributed by atoms with Gasteiger partial charge >= 0.3 is 5.97 Å². The summed E-state index contributed by atoms with van der Waals surface area (Å²) in [6.07, 6.45) is -0.0425. The minimum Gasteiger partial charge on any atom is -0.481 e. The highest BCUT2D eigenvalue weighted by Gasteiger charge is 2.15. The highest BCUT2D eigenvalue weighted by Crippen LogP contribution is 2.30. The number of aryl methyl sites for hydroxylation is 1. The molecule has 1 aromatic heterocycles. The lowest BCUT2D eigenvalue weighted by Gasteiger charge is -1.94. The first-order chi connectivity index (χ1) is 7.09. The van der Waals surface area contributed by atoms with Gasteiger partial charge in [-0.25, -0.2) is 0 Å². The maximum Gasteiger partial charge on any atom is 0.307 e. The van der Waals surface area contributed by atoms with E-state index >= 15 is 0 Å². The molecule has 15 heavy (non-hydrogen) atoms. The average Bonchev–Trinajstić information content (AvgIpc) is 2.45. The number of hydrogen-bond acceptors (Lipinski definition) is 2. The van der Waals surface area contributed by atoms with Crippen LogP contribution in [0.2, 0.25) is 5.02 Å². The normalized spacial score (nSPS) is 10.8. The summed E-state index contributed by atoms with van der Waals surface area (Å²) in [5.74, 6) is -0.263. The van der Waals surface area contributed by atoms with Crippen molar-refractivity contribution in [1.29, 1.82) is 0 Å². The van der Waals surface area contributed by atoms with E-state index in [-0.39, 0.29) is 6.42 Å². The summed E-state index contributed by atoms with van der Waals surface area (Å²) < 4.78 is 5.44. The molecule has 1 heterocycles. The molecule has 0 atom stereocenters. The summed E-state index contributed by atoms with van der Waals surface area (Å²) >= 11 is 5.94. The molecule has 0 unspecified atom stereocenters. The maximum atomic E-state index is 10.7. The Bertz CT molecular complexity index is 528. The van der Waals surface area contributed by atoms with E-state index in [1.54, 1.807) is 19.1 Å². The van der Waals surface area contributed by atoms with Gasteiger partial charge in [0.05, 0.1) is 11.4 Å². The second kappa shape index (κ2) is 3.59. The SMILES string of the molecule is Cc1oc2c(Cl)cccc2c1CC(=O)O. The zero-order chi connectivity index (χ0) is 11.0. The Kier molecular flexibility index (Phi) is 2.40. The molecule has 0 saturated heterocycles. The summed E-state index contributed by atoms with van der Waals surface area (Å²) in [5.41, 5.74) is 1.26. The topological polar surface area (TPSA) is 50.4 Å². The van der Waals surface area contributed by atoms with Crippen molar-refractivity contribution in [2.24, 2.45) is 0 Å². The van der Waals surface area contributed by atoms with Crippen LogP contribution in [-0.4, -0.2) is 11.1 Å². The van der Waals surface area contributed by atoms with E-state index in [9.17, 15) is 4.79 Å². The summed E-state index contributed by atoms with van der Waals surface area (Å²) in [5, 5.41) is 10.1. The number of benzene rings is 1. The highest BCUT2D eigenvalue weighted by atomic mass is 35.5. The fourth-order valence-electron chi connectivity index (χ4n) is 1.63. The Morgan fingerprint density at radius 3 is 2.93 bits per heavy atom. The van der Waals surface area contributed by atoms with Crippen molar-refractivity contribution < 1.29 is 14.3 Å². The molecule has 0 bridgehead atoms. The van der Waals surface area contributed by atoms with E-state index in [0.717, 1.165) is 5.39 Å². The molecule has 4 heteroatoms. The third-order valence-corrected chi connectivity index (χ3v) is 2.60. The molecule has 0 aliphatic heterocycles. The molecule has 0 radical (unpaired) electrons. The van der Waals surface area contributed by atoms with Gasteiger partial charge in [0.1, 0.15) is 5.76 Å². The Morgan fingerprint density at radius 1 is 1.53 bits per heavy atom. The van der Waals surface area contributed by atoms with Gasteiger partial charge in [-0.1, -0.05) is 23.7 Å². The standard InChI is InChI=1S/C11H9ClO3/c1-6-8(5-10(13)14)7-3-2-4-9(12)11(7)15-6/h2-4H,5H2,1H3,(H,13,14). The van der Waals surface area contributed by atoms with Crippen LogP contribution in [0.3, 0.4) is 0 Å². The zero-order valence-electron chi connectivity index (χ0n) is 8.08. The van der Waals surface area contributed by atoms with Crippen LogP contribution in [0, 0.1) is 6.92 Å². The van der Waals surface area contributed by atoms with Gasteiger partial charge in [0.25, 0.3) is 0 Å². The first-order valence-electron chi connectivity index (χ1n) is 4.48. The smallest absolute Gasteiger partial charge is 0.307 e. The summed E-state index contributed by atoms with van der Waals surface area (Å²) in [7, 11) is 0. The second-order valence-electron chi connectivity index (χ2n) is 3.32. The van der Waals surface area contributed by atoms with E-state index in [4.69, 9.17) is 21.1 Å². The van der Waals surface area contributed by atoms with Crippen LogP contribution < -0.4 is 0 Å². The molecule has 1 N–H and O–H groups in total. The molecule has 0 amide bonds. The van der Waals surface area contributed by atoms with Crippen molar-refractivity contribution in [3.05, 3.63) is 34.5 Å². The fourth-order valence-corrected chi connectivity index (χ4v) is 1.84. The Hall–Kier alpha value is -1.48. The molecular formula is C11H9ClO3. The van der Waals surface area contributed by atoms with Gasteiger partial charge < -0.3 is 9.52 Å². The van der Waals surface area contributed by atoms with Crippen molar-refractivity contribution in [2.45, 2.75) is 13.3 Å². The van der Waals surface area contributed by atoms with Crippen LogP contribution in [0.25, 0.3) is 11.0 Å². The monoisotopic (exact) mass is 224 g/mol. The van der Waals surface area contributed by atoms with Gasteiger partial charge in [-0.15, -0.1) is 0 Å². The van der Waals surface area contributed by atoms with Crippen LogP contribution in [0.4, 0.5) is 0 Å². The largest absolute Gasteiger partial charge is 0.481 e. The van der Waals surface area contributed by atoms with Gasteiger partial charge in [-0.05, 0) is 13.0 Å². The molecule has 0 aliphatic carbocycles. The van der Waals surface area contributed by atoms with E-state index in [1.807, 2.05) is 6.07 Å². The van der Waals surface area contributed by atoms with Crippen molar-refractivity contribution >= 4 is 28.5 Å². The third-order valence-electron chi connectivity index (χ3n) is 2.30. The third kappa shape index (κ3) is 1.70. The summed E-state index contributed by atoms with van der Waals surface area (Å²) in [6, 6.07) is 5.32. The Balaban J connectivity index is 2.68. The van der Waals surface area contributed by atoms with Gasteiger partial charge in [0, 0.05) is 10.9 Å². The minimum atomic E-state index is -0.874. The molecule has 2 rings (SSSR count). The molecule has 0 saturated carbocycles. The molecule has 0 spiro atoms. The maximum absolute atomic E-state index is 10.7. The zero-order valence-corrected chi connectivity index (χ0v) is 8.84. The van der Waals surface area contributed by atoms with Crippen LogP contribution in [0.15, 0.2) is 22.6 Å². The molecule has 0 fully saturated rings.